The lowest BCUT2D eigenvalue weighted by atomic mass is 10.1. The van der Waals surface area contributed by atoms with Gasteiger partial charge in [0.2, 0.25) is 0 Å². The molecular weight excluding hydrogens is 356 g/mol. The minimum atomic E-state index is -0.513. The summed E-state index contributed by atoms with van der Waals surface area (Å²) in [4.78, 5) is 29.6. The molecule has 0 fully saturated rings. The summed E-state index contributed by atoms with van der Waals surface area (Å²) in [5.41, 5.74) is 1.37. The Morgan fingerprint density at radius 3 is 2.71 bits per heavy atom. The van der Waals surface area contributed by atoms with E-state index >= 15 is 0 Å². The van der Waals surface area contributed by atoms with Crippen molar-refractivity contribution in [1.82, 2.24) is 4.90 Å². The molecule has 3 rings (SSSR count). The minimum Gasteiger partial charge on any atom is -0.497 e. The molecule has 7 heteroatoms. The van der Waals surface area contributed by atoms with Gasteiger partial charge in [-0.1, -0.05) is 23.9 Å². The lowest BCUT2D eigenvalue weighted by molar-refractivity contribution is -0.127. The maximum atomic E-state index is 12.4. The van der Waals surface area contributed by atoms with Crippen molar-refractivity contribution in [2.75, 3.05) is 7.11 Å². The van der Waals surface area contributed by atoms with Crippen LogP contribution >= 0.6 is 27.7 Å². The van der Waals surface area contributed by atoms with Gasteiger partial charge in [0.05, 0.1) is 23.2 Å². The second kappa shape index (κ2) is 5.65. The summed E-state index contributed by atoms with van der Waals surface area (Å²) in [6.45, 7) is 0.215. The molecule has 0 spiro atoms. The second-order valence-electron chi connectivity index (χ2n) is 4.54. The van der Waals surface area contributed by atoms with E-state index in [1.807, 2.05) is 12.1 Å². The molecule has 1 aromatic rings. The highest BCUT2D eigenvalue weighted by Gasteiger charge is 2.40. The number of urea groups is 1. The van der Waals surface area contributed by atoms with Crippen molar-refractivity contribution in [1.29, 1.82) is 0 Å². The second-order valence-corrected chi connectivity index (χ2v) is 7.06. The number of halogens is 1. The number of benzene rings is 1. The number of rotatable bonds is 3. The number of nitrogens with zero attached hydrogens (tertiary/aromatic N) is 2. The summed E-state index contributed by atoms with van der Waals surface area (Å²) in [6, 6.07) is 6.74. The van der Waals surface area contributed by atoms with Crippen molar-refractivity contribution >= 4 is 45.3 Å². The van der Waals surface area contributed by atoms with Crippen molar-refractivity contribution < 1.29 is 14.3 Å². The molecule has 5 nitrogen and oxygen atoms in total. The van der Waals surface area contributed by atoms with E-state index in [2.05, 4.69) is 20.9 Å². The Kier molecular flexibility index (Phi) is 3.86. The van der Waals surface area contributed by atoms with E-state index in [1.165, 1.54) is 16.7 Å². The SMILES string of the molecule is COc1ccc(CN2C(=O)N=C3C=C(Br)SC3C2=O)cc1. The Morgan fingerprint density at radius 2 is 2.05 bits per heavy atom. The number of fused-ring (bicyclic) bond motifs is 1. The van der Waals surface area contributed by atoms with Crippen molar-refractivity contribution in [3.8, 4) is 5.75 Å². The summed E-state index contributed by atoms with van der Waals surface area (Å²) in [5.74, 6) is 0.506. The molecule has 0 saturated carbocycles. The molecule has 3 amide bonds. The largest absolute Gasteiger partial charge is 0.497 e. The Balaban J connectivity index is 1.80. The van der Waals surface area contributed by atoms with Crippen molar-refractivity contribution in [2.45, 2.75) is 11.8 Å². The van der Waals surface area contributed by atoms with Crippen LogP contribution in [0.2, 0.25) is 0 Å². The number of ether oxygens (including phenoxy) is 1. The highest BCUT2D eigenvalue weighted by atomic mass is 79.9. The van der Waals surface area contributed by atoms with Gasteiger partial charge in [0.1, 0.15) is 11.0 Å². The van der Waals surface area contributed by atoms with Gasteiger partial charge in [-0.25, -0.2) is 4.79 Å². The quantitative estimate of drug-likeness (QED) is 0.824. The van der Waals surface area contributed by atoms with Crippen molar-refractivity contribution in [3.05, 3.63) is 39.7 Å². The van der Waals surface area contributed by atoms with Gasteiger partial charge in [-0.3, -0.25) is 9.69 Å². The predicted octanol–water partition coefficient (Wildman–Crippen LogP) is 2.95. The summed E-state index contributed by atoms with van der Waals surface area (Å²) in [7, 11) is 1.59. The van der Waals surface area contributed by atoms with Gasteiger partial charge in [0.25, 0.3) is 5.91 Å². The summed E-state index contributed by atoms with van der Waals surface area (Å²) in [6.07, 6.45) is 1.72. The number of methoxy groups -OCH3 is 1. The molecule has 1 aromatic carbocycles. The topological polar surface area (TPSA) is 59.0 Å². The molecular formula is C14H11BrN2O3S. The minimum absolute atomic E-state index is 0.215. The first kappa shape index (κ1) is 14.3. The van der Waals surface area contributed by atoms with Gasteiger partial charge in [-0.15, -0.1) is 0 Å². The lowest BCUT2D eigenvalue weighted by Crippen LogP contribution is -2.46. The molecule has 0 saturated heterocycles. The van der Waals surface area contributed by atoms with Gasteiger partial charge in [-0.2, -0.15) is 4.99 Å². The lowest BCUT2D eigenvalue weighted by Gasteiger charge is -2.26. The summed E-state index contributed by atoms with van der Waals surface area (Å²) < 4.78 is 5.90. The van der Waals surface area contributed by atoms with Crippen LogP contribution in [0.3, 0.4) is 0 Å². The number of allylic oxidation sites excluding steroid dienone is 1. The number of hydrogen-bond donors (Lipinski definition) is 0. The Bertz CT molecular complexity index is 669. The highest BCUT2D eigenvalue weighted by molar-refractivity contribution is 9.14. The third-order valence-electron chi connectivity index (χ3n) is 3.21. The van der Waals surface area contributed by atoms with E-state index in [1.54, 1.807) is 25.3 Å². The fraction of sp³-hybridized carbons (Fsp3) is 0.214. The van der Waals surface area contributed by atoms with E-state index in [0.29, 0.717) is 5.71 Å². The zero-order valence-corrected chi connectivity index (χ0v) is 13.5. The van der Waals surface area contributed by atoms with Gasteiger partial charge in [-0.05, 0) is 39.7 Å². The van der Waals surface area contributed by atoms with Gasteiger partial charge < -0.3 is 4.74 Å². The maximum absolute atomic E-state index is 12.4. The van der Waals surface area contributed by atoms with Crippen LogP contribution in [-0.4, -0.2) is 34.9 Å². The number of aliphatic imine (C=N–C) groups is 1. The van der Waals surface area contributed by atoms with Crippen LogP contribution in [-0.2, 0) is 11.3 Å². The average molecular weight is 367 g/mol. The van der Waals surface area contributed by atoms with Crippen LogP contribution < -0.4 is 4.74 Å². The molecule has 2 aliphatic heterocycles. The van der Waals surface area contributed by atoms with Gasteiger partial charge in [0.15, 0.2) is 0 Å². The van der Waals surface area contributed by atoms with Crippen LogP contribution in [0.5, 0.6) is 5.75 Å². The molecule has 2 aliphatic rings. The highest BCUT2D eigenvalue weighted by Crippen LogP contribution is 2.37. The normalized spacial score (nSPS) is 21.0. The first-order chi connectivity index (χ1) is 10.1. The van der Waals surface area contributed by atoms with Crippen molar-refractivity contribution in [2.24, 2.45) is 4.99 Å². The molecule has 0 aliphatic carbocycles. The third kappa shape index (κ3) is 2.75. The first-order valence-electron chi connectivity index (χ1n) is 6.19. The fourth-order valence-corrected chi connectivity index (χ4v) is 3.81. The van der Waals surface area contributed by atoms with E-state index in [4.69, 9.17) is 4.74 Å². The smallest absolute Gasteiger partial charge is 0.350 e. The van der Waals surface area contributed by atoms with E-state index < -0.39 is 11.3 Å². The zero-order valence-electron chi connectivity index (χ0n) is 11.1. The van der Waals surface area contributed by atoms with Crippen LogP contribution in [0.25, 0.3) is 0 Å². The molecule has 0 aromatic heterocycles. The number of thioether (sulfide) groups is 1. The monoisotopic (exact) mass is 366 g/mol. The molecule has 0 bridgehead atoms. The molecule has 21 heavy (non-hydrogen) atoms. The molecule has 0 N–H and O–H groups in total. The predicted molar refractivity (Wildman–Crippen MR) is 84.8 cm³/mol. The Hall–Kier alpha value is -1.60. The number of hydrogen-bond acceptors (Lipinski definition) is 4. The summed E-state index contributed by atoms with van der Waals surface area (Å²) >= 11 is 4.69. The van der Waals surface area contributed by atoms with Crippen LogP contribution in [0, 0.1) is 0 Å². The van der Waals surface area contributed by atoms with Gasteiger partial charge >= 0.3 is 6.03 Å². The molecule has 0 radical (unpaired) electrons. The van der Waals surface area contributed by atoms with E-state index in [-0.39, 0.29) is 12.5 Å². The van der Waals surface area contributed by atoms with Crippen LogP contribution in [0.1, 0.15) is 5.56 Å². The number of carbonyl (C=O) groups excluding carboxylic acids is 2. The molecule has 1 atom stereocenters. The molecule has 1 unspecified atom stereocenters. The van der Waals surface area contributed by atoms with Crippen LogP contribution in [0.4, 0.5) is 4.79 Å². The van der Waals surface area contributed by atoms with E-state index in [9.17, 15) is 9.59 Å². The standard InChI is InChI=1S/C14H11BrN2O3S/c1-20-9-4-2-8(3-5-9)7-17-13(18)12-10(16-14(17)19)6-11(15)21-12/h2-6,12H,7H2,1H3. The number of amides is 3. The average Bonchev–Trinajstić information content (AvgIpc) is 2.85. The zero-order chi connectivity index (χ0) is 15.0. The van der Waals surface area contributed by atoms with E-state index in [0.717, 1.165) is 15.1 Å². The first-order valence-corrected chi connectivity index (χ1v) is 7.86. The number of carbonyl (C=O) groups is 2. The molecule has 108 valence electrons. The number of imide groups is 1. The molecule has 2 heterocycles. The van der Waals surface area contributed by atoms with Gasteiger partial charge in [0, 0.05) is 0 Å². The third-order valence-corrected chi connectivity index (χ3v) is 5.02. The Labute approximate surface area is 134 Å². The Morgan fingerprint density at radius 1 is 1.33 bits per heavy atom. The summed E-state index contributed by atoms with van der Waals surface area (Å²) in [5, 5.41) is -0.421. The van der Waals surface area contributed by atoms with Crippen molar-refractivity contribution in [3.63, 3.8) is 0 Å². The fourth-order valence-electron chi connectivity index (χ4n) is 2.13. The van der Waals surface area contributed by atoms with Crippen LogP contribution in [0.15, 0.2) is 39.1 Å². The maximum Gasteiger partial charge on any atom is 0.350 e.